The lowest BCUT2D eigenvalue weighted by atomic mass is 10.2. The van der Waals surface area contributed by atoms with Gasteiger partial charge in [-0.25, -0.2) is 8.42 Å². The molecule has 0 aliphatic carbocycles. The lowest BCUT2D eigenvalue weighted by molar-refractivity contribution is -0.138. The molecule has 3 aromatic carbocycles. The van der Waals surface area contributed by atoms with Gasteiger partial charge in [0.05, 0.1) is 26.7 Å². The van der Waals surface area contributed by atoms with Crippen LogP contribution in [-0.2, 0) is 27.2 Å². The SMILES string of the molecule is O=C(CN(c1ccc(Cl)c(C(F)(F)F)c1)S(=O)(=O)c1ccccc1)Nc1ccc(C(F)(F)F)cc1. The average Bonchev–Trinajstić information content (AvgIpc) is 2.77. The summed E-state index contributed by atoms with van der Waals surface area (Å²) >= 11 is 5.63. The van der Waals surface area contributed by atoms with Crippen molar-refractivity contribution in [3.8, 4) is 0 Å². The van der Waals surface area contributed by atoms with E-state index in [1.54, 1.807) is 0 Å². The number of carbonyl (C=O) groups excluding carboxylic acids is 1. The zero-order chi connectivity index (χ0) is 26.0. The van der Waals surface area contributed by atoms with Crippen molar-refractivity contribution >= 4 is 38.9 Å². The molecule has 3 rings (SSSR count). The predicted octanol–water partition coefficient (Wildman–Crippen LogP) is 6.21. The standard InChI is InChI=1S/C22H15ClF6N2O3S/c23-19-11-10-16(12-18(19)22(27,28)29)31(35(33,34)17-4-2-1-3-5-17)13-20(32)30-15-8-6-14(7-9-15)21(24,25)26/h1-12H,13H2,(H,30,32). The van der Waals surface area contributed by atoms with E-state index in [4.69, 9.17) is 11.6 Å². The van der Waals surface area contributed by atoms with E-state index in [1.165, 1.54) is 30.3 Å². The van der Waals surface area contributed by atoms with Crippen molar-refractivity contribution in [2.45, 2.75) is 17.2 Å². The number of hydrogen-bond acceptors (Lipinski definition) is 3. The third kappa shape index (κ3) is 6.25. The minimum absolute atomic E-state index is 0.0767. The molecular weight excluding hydrogens is 522 g/mol. The number of hydrogen-bond donors (Lipinski definition) is 1. The zero-order valence-corrected chi connectivity index (χ0v) is 18.9. The van der Waals surface area contributed by atoms with E-state index in [-0.39, 0.29) is 10.6 Å². The molecular formula is C22H15ClF6N2O3S. The Morgan fingerprint density at radius 1 is 0.857 bits per heavy atom. The van der Waals surface area contributed by atoms with Crippen molar-refractivity contribution in [3.05, 3.63) is 88.9 Å². The largest absolute Gasteiger partial charge is 0.417 e. The second-order valence-corrected chi connectivity index (χ2v) is 9.38. The van der Waals surface area contributed by atoms with Crippen LogP contribution in [0.1, 0.15) is 11.1 Å². The van der Waals surface area contributed by atoms with Crippen molar-refractivity contribution in [3.63, 3.8) is 0 Å². The molecule has 0 radical (unpaired) electrons. The summed E-state index contributed by atoms with van der Waals surface area (Å²) in [6.07, 6.45) is -9.51. The first kappa shape index (κ1) is 26.4. The molecule has 0 aliphatic rings. The molecule has 0 bridgehead atoms. The highest BCUT2D eigenvalue weighted by Crippen LogP contribution is 2.38. The van der Waals surface area contributed by atoms with Crippen LogP contribution in [0, 0.1) is 0 Å². The van der Waals surface area contributed by atoms with Gasteiger partial charge in [-0.2, -0.15) is 26.3 Å². The maximum Gasteiger partial charge on any atom is 0.417 e. The zero-order valence-electron chi connectivity index (χ0n) is 17.4. The maximum atomic E-state index is 13.4. The van der Waals surface area contributed by atoms with Gasteiger partial charge in [-0.15, -0.1) is 0 Å². The molecule has 0 aromatic heterocycles. The number of nitrogens with zero attached hydrogens (tertiary/aromatic N) is 1. The Labute approximate surface area is 201 Å². The van der Waals surface area contributed by atoms with Crippen molar-refractivity contribution in [2.75, 3.05) is 16.2 Å². The fourth-order valence-electron chi connectivity index (χ4n) is 2.99. The highest BCUT2D eigenvalue weighted by Gasteiger charge is 2.35. The third-order valence-electron chi connectivity index (χ3n) is 4.66. The fraction of sp³-hybridized carbons (Fsp3) is 0.136. The topological polar surface area (TPSA) is 66.5 Å². The Balaban J connectivity index is 1.98. The Morgan fingerprint density at radius 3 is 2.00 bits per heavy atom. The number of amides is 1. The number of anilines is 2. The summed E-state index contributed by atoms with van der Waals surface area (Å²) in [5.74, 6) is -1.01. The molecule has 1 N–H and O–H groups in total. The van der Waals surface area contributed by atoms with Gasteiger partial charge in [-0.05, 0) is 54.6 Å². The predicted molar refractivity (Wildman–Crippen MR) is 118 cm³/mol. The molecule has 0 saturated heterocycles. The molecule has 35 heavy (non-hydrogen) atoms. The van der Waals surface area contributed by atoms with E-state index >= 15 is 0 Å². The minimum atomic E-state index is -4.90. The molecule has 0 heterocycles. The fourth-order valence-corrected chi connectivity index (χ4v) is 4.65. The Kier molecular flexibility index (Phi) is 7.37. The van der Waals surface area contributed by atoms with Crippen molar-refractivity contribution < 1.29 is 39.6 Å². The van der Waals surface area contributed by atoms with Gasteiger partial charge < -0.3 is 5.32 Å². The van der Waals surface area contributed by atoms with Gasteiger partial charge in [0.2, 0.25) is 5.91 Å². The van der Waals surface area contributed by atoms with Crippen LogP contribution in [0.5, 0.6) is 0 Å². The van der Waals surface area contributed by atoms with Crippen LogP contribution in [0.4, 0.5) is 37.7 Å². The Bertz CT molecular complexity index is 1310. The summed E-state index contributed by atoms with van der Waals surface area (Å²) in [5.41, 5.74) is -2.85. The molecule has 0 unspecified atom stereocenters. The van der Waals surface area contributed by atoms with Crippen molar-refractivity contribution in [1.82, 2.24) is 0 Å². The van der Waals surface area contributed by atoms with Gasteiger partial charge in [0, 0.05) is 5.69 Å². The minimum Gasteiger partial charge on any atom is -0.325 e. The van der Waals surface area contributed by atoms with Gasteiger partial charge in [-0.1, -0.05) is 29.8 Å². The van der Waals surface area contributed by atoms with Crippen LogP contribution >= 0.6 is 11.6 Å². The Hall–Kier alpha value is -3.25. The van der Waals surface area contributed by atoms with E-state index in [0.29, 0.717) is 22.5 Å². The van der Waals surface area contributed by atoms with Crippen molar-refractivity contribution in [2.24, 2.45) is 0 Å². The van der Waals surface area contributed by atoms with Crippen LogP contribution in [0.3, 0.4) is 0 Å². The van der Waals surface area contributed by atoms with E-state index < -0.39 is 56.7 Å². The van der Waals surface area contributed by atoms with E-state index in [1.807, 2.05) is 0 Å². The smallest absolute Gasteiger partial charge is 0.325 e. The first-order valence-electron chi connectivity index (χ1n) is 9.61. The molecule has 0 aliphatic heterocycles. The highest BCUT2D eigenvalue weighted by molar-refractivity contribution is 7.92. The summed E-state index contributed by atoms with van der Waals surface area (Å²) in [4.78, 5) is 12.3. The first-order valence-corrected chi connectivity index (χ1v) is 11.4. The van der Waals surface area contributed by atoms with Gasteiger partial charge in [0.25, 0.3) is 10.0 Å². The number of alkyl halides is 6. The lowest BCUT2D eigenvalue weighted by Crippen LogP contribution is -2.38. The summed E-state index contributed by atoms with van der Waals surface area (Å²) in [5, 5.41) is 1.57. The molecule has 0 fully saturated rings. The number of carbonyl (C=O) groups is 1. The van der Waals surface area contributed by atoms with Crippen molar-refractivity contribution in [1.29, 1.82) is 0 Å². The van der Waals surface area contributed by atoms with Gasteiger partial charge >= 0.3 is 12.4 Å². The number of rotatable bonds is 6. The summed E-state index contributed by atoms with van der Waals surface area (Å²) in [6, 6.07) is 12.4. The van der Waals surface area contributed by atoms with E-state index in [2.05, 4.69) is 5.32 Å². The summed E-state index contributed by atoms with van der Waals surface area (Å²) in [6.45, 7) is -0.975. The monoisotopic (exact) mass is 536 g/mol. The van der Waals surface area contributed by atoms with Crippen LogP contribution < -0.4 is 9.62 Å². The molecule has 0 atom stereocenters. The number of sulfonamides is 1. The summed E-state index contributed by atoms with van der Waals surface area (Å²) in [7, 11) is -4.53. The Morgan fingerprint density at radius 2 is 1.46 bits per heavy atom. The molecule has 186 valence electrons. The molecule has 3 aromatic rings. The molecule has 5 nitrogen and oxygen atoms in total. The van der Waals surface area contributed by atoms with Gasteiger partial charge in [0.15, 0.2) is 0 Å². The van der Waals surface area contributed by atoms with Crippen LogP contribution in [-0.4, -0.2) is 20.9 Å². The lowest BCUT2D eigenvalue weighted by Gasteiger charge is -2.25. The second-order valence-electron chi connectivity index (χ2n) is 7.11. The molecule has 0 spiro atoms. The maximum absolute atomic E-state index is 13.4. The normalized spacial score (nSPS) is 12.3. The third-order valence-corrected chi connectivity index (χ3v) is 6.78. The van der Waals surface area contributed by atoms with Gasteiger partial charge in [-0.3, -0.25) is 9.10 Å². The summed E-state index contributed by atoms with van der Waals surface area (Å²) < 4.78 is 105. The van der Waals surface area contributed by atoms with Crippen LogP contribution in [0.25, 0.3) is 0 Å². The molecule has 1 amide bonds. The van der Waals surface area contributed by atoms with E-state index in [9.17, 15) is 39.6 Å². The first-order chi connectivity index (χ1) is 16.2. The quantitative estimate of drug-likeness (QED) is 0.381. The van der Waals surface area contributed by atoms with E-state index in [0.717, 1.165) is 24.3 Å². The molecule has 0 saturated carbocycles. The second kappa shape index (κ2) is 9.78. The highest BCUT2D eigenvalue weighted by atomic mass is 35.5. The van der Waals surface area contributed by atoms with Gasteiger partial charge in [0.1, 0.15) is 6.54 Å². The molecule has 13 heteroatoms. The number of benzene rings is 3. The number of halogens is 7. The average molecular weight is 537 g/mol. The van der Waals surface area contributed by atoms with Crippen LogP contribution in [0.2, 0.25) is 5.02 Å². The van der Waals surface area contributed by atoms with Crippen LogP contribution in [0.15, 0.2) is 77.7 Å². The number of nitrogens with one attached hydrogen (secondary N) is 1.